The van der Waals surface area contributed by atoms with E-state index >= 15 is 0 Å². The summed E-state index contributed by atoms with van der Waals surface area (Å²) in [6, 6.07) is 11.1. The van der Waals surface area contributed by atoms with E-state index in [0.29, 0.717) is 5.69 Å². The Morgan fingerprint density at radius 2 is 1.65 bits per heavy atom. The molecule has 2 N–H and O–H groups in total. The predicted octanol–water partition coefficient (Wildman–Crippen LogP) is 4.09. The van der Waals surface area contributed by atoms with Gasteiger partial charge in [-0.15, -0.1) is 0 Å². The van der Waals surface area contributed by atoms with Crippen LogP contribution in [-0.4, -0.2) is 18.9 Å². The predicted molar refractivity (Wildman–Crippen MR) is 95.9 cm³/mol. The normalized spacial score (nSPS) is 12.7. The molecule has 1 amide bonds. The van der Waals surface area contributed by atoms with Crippen LogP contribution in [0.25, 0.3) is 0 Å². The van der Waals surface area contributed by atoms with Crippen molar-refractivity contribution in [1.29, 1.82) is 0 Å². The van der Waals surface area contributed by atoms with Gasteiger partial charge in [0, 0.05) is 14.6 Å². The fourth-order valence-corrected chi connectivity index (χ4v) is 4.03. The van der Waals surface area contributed by atoms with Crippen LogP contribution in [0.5, 0.6) is 0 Å². The maximum absolute atomic E-state index is 12.4. The van der Waals surface area contributed by atoms with Crippen molar-refractivity contribution in [3.63, 3.8) is 0 Å². The number of anilines is 1. The number of rotatable bonds is 4. The van der Waals surface area contributed by atoms with Gasteiger partial charge in [-0.25, -0.2) is 0 Å². The molecule has 2 aromatic rings. The van der Waals surface area contributed by atoms with Crippen LogP contribution >= 0.6 is 31.9 Å². The molecule has 5 nitrogen and oxygen atoms in total. The average molecular weight is 463 g/mol. The molecule has 1 unspecified atom stereocenters. The van der Waals surface area contributed by atoms with E-state index in [0.717, 1.165) is 14.5 Å². The number of hydrogen-bond donors (Lipinski definition) is 2. The first kappa shape index (κ1) is 18.1. The van der Waals surface area contributed by atoms with E-state index < -0.39 is 21.3 Å². The van der Waals surface area contributed by atoms with E-state index in [2.05, 4.69) is 37.2 Å². The topological polar surface area (TPSA) is 83.5 Å². The minimum Gasteiger partial charge on any atom is -0.325 e. The zero-order valence-corrected chi connectivity index (χ0v) is 15.9. The van der Waals surface area contributed by atoms with Crippen LogP contribution in [0.3, 0.4) is 0 Å². The van der Waals surface area contributed by atoms with E-state index in [1.54, 1.807) is 30.3 Å². The molecule has 0 saturated carbocycles. The summed E-state index contributed by atoms with van der Waals surface area (Å²) in [5, 5.41) is 0.826. The Balaban J connectivity index is 2.37. The Hall–Kier alpha value is -1.22. The van der Waals surface area contributed by atoms with Crippen LogP contribution in [0, 0.1) is 6.92 Å². The molecule has 0 spiro atoms. The Bertz CT molecular complexity index is 815. The second-order valence-corrected chi connectivity index (χ2v) is 8.07. The average Bonchev–Trinajstić information content (AvgIpc) is 2.44. The Morgan fingerprint density at radius 3 is 2.13 bits per heavy atom. The summed E-state index contributed by atoms with van der Waals surface area (Å²) in [5.74, 6) is -0.832. The molecule has 0 bridgehead atoms. The molecule has 0 saturated heterocycles. The molecule has 0 aliphatic heterocycles. The van der Waals surface area contributed by atoms with Gasteiger partial charge in [-0.2, -0.15) is 8.42 Å². The lowest BCUT2D eigenvalue weighted by molar-refractivity contribution is -0.116. The van der Waals surface area contributed by atoms with Crippen molar-refractivity contribution >= 4 is 53.6 Å². The summed E-state index contributed by atoms with van der Waals surface area (Å²) < 4.78 is 34.2. The zero-order valence-electron chi connectivity index (χ0n) is 12.0. The number of carbonyl (C=O) groups excluding carboxylic acids is 1. The van der Waals surface area contributed by atoms with Gasteiger partial charge in [0.2, 0.25) is 5.91 Å². The lowest BCUT2D eigenvalue weighted by Crippen LogP contribution is -2.27. The highest BCUT2D eigenvalue weighted by Gasteiger charge is 2.32. The minimum atomic E-state index is -4.60. The van der Waals surface area contributed by atoms with Crippen molar-refractivity contribution in [2.45, 2.75) is 12.2 Å². The van der Waals surface area contributed by atoms with Crippen LogP contribution < -0.4 is 5.32 Å². The first-order valence-corrected chi connectivity index (χ1v) is 9.57. The molecule has 8 heteroatoms. The Kier molecular flexibility index (Phi) is 5.61. The molecule has 0 radical (unpaired) electrons. The summed E-state index contributed by atoms with van der Waals surface area (Å²) in [7, 11) is -4.60. The van der Waals surface area contributed by atoms with Gasteiger partial charge in [0.05, 0.1) is 0 Å². The van der Waals surface area contributed by atoms with E-state index in [4.69, 9.17) is 0 Å². The van der Waals surface area contributed by atoms with Crippen molar-refractivity contribution in [2.75, 3.05) is 5.32 Å². The lowest BCUT2D eigenvalue weighted by Gasteiger charge is -2.15. The summed E-state index contributed by atoms with van der Waals surface area (Å²) in [6.07, 6.45) is 0. The SMILES string of the molecule is Cc1c(Br)cc(NC(=O)C(c2ccccc2)S(=O)(=O)O)cc1Br. The minimum absolute atomic E-state index is 0.192. The first-order valence-electron chi connectivity index (χ1n) is 6.48. The van der Waals surface area contributed by atoms with Gasteiger partial charge < -0.3 is 5.32 Å². The van der Waals surface area contributed by atoms with Crippen LogP contribution in [0.4, 0.5) is 5.69 Å². The van der Waals surface area contributed by atoms with Crippen molar-refractivity contribution < 1.29 is 17.8 Å². The maximum atomic E-state index is 12.4. The highest BCUT2D eigenvalue weighted by atomic mass is 79.9. The third kappa shape index (κ3) is 4.41. The summed E-state index contributed by atoms with van der Waals surface area (Å²) >= 11 is 6.72. The van der Waals surface area contributed by atoms with E-state index in [9.17, 15) is 17.8 Å². The number of halogens is 2. The first-order chi connectivity index (χ1) is 10.7. The van der Waals surface area contributed by atoms with Gasteiger partial charge in [0.15, 0.2) is 5.25 Å². The molecule has 0 aliphatic rings. The van der Waals surface area contributed by atoms with Gasteiger partial charge >= 0.3 is 0 Å². The van der Waals surface area contributed by atoms with Gasteiger partial charge in [-0.3, -0.25) is 9.35 Å². The molecule has 23 heavy (non-hydrogen) atoms. The molecule has 2 rings (SSSR count). The largest absolute Gasteiger partial charge is 0.325 e. The van der Waals surface area contributed by atoms with Crippen LogP contribution in [0.2, 0.25) is 0 Å². The van der Waals surface area contributed by atoms with Crippen molar-refractivity contribution in [1.82, 2.24) is 0 Å². The maximum Gasteiger partial charge on any atom is 0.281 e. The third-order valence-corrected chi connectivity index (χ3v) is 5.92. The summed E-state index contributed by atoms with van der Waals surface area (Å²) in [6.45, 7) is 1.88. The van der Waals surface area contributed by atoms with Crippen molar-refractivity contribution in [2.24, 2.45) is 0 Å². The van der Waals surface area contributed by atoms with Gasteiger partial charge in [-0.05, 0) is 30.2 Å². The molecule has 0 aliphatic carbocycles. The smallest absolute Gasteiger partial charge is 0.281 e. The van der Waals surface area contributed by atoms with Crippen molar-refractivity contribution in [3.05, 3.63) is 62.5 Å². The molecule has 1 atom stereocenters. The third-order valence-electron chi connectivity index (χ3n) is 3.19. The second kappa shape index (κ2) is 7.12. The van der Waals surface area contributed by atoms with Crippen LogP contribution in [-0.2, 0) is 14.9 Å². The molecule has 0 fully saturated rings. The summed E-state index contributed by atoms with van der Waals surface area (Å²) in [4.78, 5) is 12.4. The molecule has 2 aromatic carbocycles. The Labute approximate surface area is 151 Å². The fourth-order valence-electron chi connectivity index (χ4n) is 2.01. The second-order valence-electron chi connectivity index (χ2n) is 4.86. The number of benzene rings is 2. The standard InChI is InChI=1S/C15H13Br2NO4S/c1-9-12(16)7-11(8-13(9)17)18-15(19)14(23(20,21)22)10-5-3-2-4-6-10/h2-8,14H,1H3,(H,18,19)(H,20,21,22). The molecule has 0 heterocycles. The molecule has 0 aromatic heterocycles. The fraction of sp³-hybridized carbons (Fsp3) is 0.133. The summed E-state index contributed by atoms with van der Waals surface area (Å²) in [5.41, 5.74) is 1.54. The lowest BCUT2D eigenvalue weighted by atomic mass is 10.1. The quantitative estimate of drug-likeness (QED) is 0.670. The van der Waals surface area contributed by atoms with E-state index in [-0.39, 0.29) is 5.56 Å². The Morgan fingerprint density at radius 1 is 1.13 bits per heavy atom. The molecule has 122 valence electrons. The number of hydrogen-bond acceptors (Lipinski definition) is 3. The number of carbonyl (C=O) groups is 1. The number of nitrogens with one attached hydrogen (secondary N) is 1. The van der Waals surface area contributed by atoms with Gasteiger partial charge in [0.25, 0.3) is 10.1 Å². The van der Waals surface area contributed by atoms with Crippen molar-refractivity contribution in [3.8, 4) is 0 Å². The van der Waals surface area contributed by atoms with Gasteiger partial charge in [0.1, 0.15) is 0 Å². The highest BCUT2D eigenvalue weighted by Crippen LogP contribution is 2.30. The van der Waals surface area contributed by atoms with Crippen LogP contribution in [0.1, 0.15) is 16.4 Å². The molecular formula is C15H13Br2NO4S. The highest BCUT2D eigenvalue weighted by molar-refractivity contribution is 9.11. The monoisotopic (exact) mass is 461 g/mol. The van der Waals surface area contributed by atoms with E-state index in [1.165, 1.54) is 12.1 Å². The molecular weight excluding hydrogens is 450 g/mol. The van der Waals surface area contributed by atoms with Gasteiger partial charge in [-0.1, -0.05) is 62.2 Å². The number of amides is 1. The van der Waals surface area contributed by atoms with E-state index in [1.807, 2.05) is 6.92 Å². The van der Waals surface area contributed by atoms with Crippen LogP contribution in [0.15, 0.2) is 51.4 Å². The zero-order chi connectivity index (χ0) is 17.2.